The van der Waals surface area contributed by atoms with Crippen LogP contribution < -0.4 is 10.2 Å². The van der Waals surface area contributed by atoms with Gasteiger partial charge in [-0.05, 0) is 47.5 Å². The van der Waals surface area contributed by atoms with Gasteiger partial charge < -0.3 is 10.2 Å². The van der Waals surface area contributed by atoms with Crippen LogP contribution in [0.4, 0.5) is 5.69 Å². The van der Waals surface area contributed by atoms with E-state index in [1.54, 1.807) is 6.07 Å². The highest BCUT2D eigenvalue weighted by atomic mass is 16.1. The van der Waals surface area contributed by atoms with Crippen LogP contribution in [0.5, 0.6) is 0 Å². The molecule has 1 unspecified atom stereocenters. The first kappa shape index (κ1) is 16.3. The Hall–Kier alpha value is -3.22. The molecule has 0 aliphatic carbocycles. The molecule has 2 aromatic carbocycles. The van der Waals surface area contributed by atoms with Gasteiger partial charge in [0.2, 0.25) is 0 Å². The van der Waals surface area contributed by atoms with Gasteiger partial charge in [0.15, 0.2) is 0 Å². The summed E-state index contributed by atoms with van der Waals surface area (Å²) in [5.41, 5.74) is 3.85. The van der Waals surface area contributed by atoms with Gasteiger partial charge in [-0.1, -0.05) is 30.3 Å². The highest BCUT2D eigenvalue weighted by molar-refractivity contribution is 5.97. The van der Waals surface area contributed by atoms with E-state index in [1.165, 1.54) is 22.3 Å². The lowest BCUT2D eigenvalue weighted by Crippen LogP contribution is -2.38. The fraction of sp³-hybridized carbons (Fsp3) is 0.263. The number of nitrogens with zero attached hydrogens (tertiary/aromatic N) is 5. The number of amides is 1. The van der Waals surface area contributed by atoms with E-state index in [-0.39, 0.29) is 5.91 Å². The number of hydrogen-bond donors (Lipinski definition) is 1. The maximum absolute atomic E-state index is 12.7. The van der Waals surface area contributed by atoms with Crippen LogP contribution in [0.25, 0.3) is 5.69 Å². The molecule has 1 aliphatic rings. The molecule has 2 heterocycles. The van der Waals surface area contributed by atoms with Crippen molar-refractivity contribution in [2.75, 3.05) is 18.0 Å². The van der Waals surface area contributed by atoms with E-state index in [0.29, 0.717) is 23.8 Å². The zero-order valence-corrected chi connectivity index (χ0v) is 14.5. The molecule has 1 aliphatic heterocycles. The van der Waals surface area contributed by atoms with Crippen molar-refractivity contribution >= 4 is 11.6 Å². The summed E-state index contributed by atoms with van der Waals surface area (Å²) in [5, 5.41) is 14.2. The number of hydrogen-bond acceptors (Lipinski definition) is 5. The lowest BCUT2D eigenvalue weighted by atomic mass is 10.1. The fourth-order valence-electron chi connectivity index (χ4n) is 3.49. The van der Waals surface area contributed by atoms with Crippen molar-refractivity contribution in [1.29, 1.82) is 0 Å². The molecule has 0 saturated heterocycles. The van der Waals surface area contributed by atoms with Gasteiger partial charge >= 0.3 is 0 Å². The monoisotopic (exact) mass is 348 g/mol. The summed E-state index contributed by atoms with van der Waals surface area (Å²) in [6, 6.07) is 16.2. The van der Waals surface area contributed by atoms with Crippen molar-refractivity contribution < 1.29 is 4.79 Å². The Morgan fingerprint density at radius 2 is 1.92 bits per heavy atom. The first-order valence-electron chi connectivity index (χ1n) is 8.69. The lowest BCUT2D eigenvalue weighted by molar-refractivity contribution is 0.0954. The smallest absolute Gasteiger partial charge is 0.253 e. The number of para-hydroxylation sites is 2. The molecule has 7 nitrogen and oxygen atoms in total. The topological polar surface area (TPSA) is 75.9 Å². The Bertz CT molecular complexity index is 908. The summed E-state index contributed by atoms with van der Waals surface area (Å²) in [5.74, 6) is -0.128. The Morgan fingerprint density at radius 1 is 1.15 bits per heavy atom. The van der Waals surface area contributed by atoms with E-state index in [1.807, 2.05) is 18.2 Å². The van der Waals surface area contributed by atoms with Crippen LogP contribution in [-0.2, 0) is 6.42 Å². The van der Waals surface area contributed by atoms with Crippen LogP contribution in [0.3, 0.4) is 0 Å². The number of benzene rings is 2. The molecule has 4 rings (SSSR count). The van der Waals surface area contributed by atoms with Crippen LogP contribution in [-0.4, -0.2) is 45.2 Å². The third kappa shape index (κ3) is 3.03. The number of tetrazole rings is 1. The molecule has 3 aromatic rings. The van der Waals surface area contributed by atoms with Gasteiger partial charge in [0.05, 0.1) is 11.3 Å². The molecule has 1 N–H and O–H groups in total. The molecule has 0 fully saturated rings. The van der Waals surface area contributed by atoms with Crippen molar-refractivity contribution in [2.45, 2.75) is 19.4 Å². The summed E-state index contributed by atoms with van der Waals surface area (Å²) >= 11 is 0. The van der Waals surface area contributed by atoms with E-state index in [9.17, 15) is 4.79 Å². The van der Waals surface area contributed by atoms with Crippen molar-refractivity contribution in [3.8, 4) is 5.69 Å². The molecule has 1 aromatic heterocycles. The summed E-state index contributed by atoms with van der Waals surface area (Å²) in [6.45, 7) is 3.56. The van der Waals surface area contributed by atoms with Gasteiger partial charge in [-0.3, -0.25) is 4.79 Å². The van der Waals surface area contributed by atoms with Gasteiger partial charge in [-0.15, -0.1) is 5.10 Å². The van der Waals surface area contributed by atoms with Crippen LogP contribution in [0.1, 0.15) is 22.8 Å². The van der Waals surface area contributed by atoms with Gasteiger partial charge in [0.25, 0.3) is 5.91 Å². The molecule has 1 amide bonds. The van der Waals surface area contributed by atoms with E-state index >= 15 is 0 Å². The minimum Gasteiger partial charge on any atom is -0.367 e. The van der Waals surface area contributed by atoms with Crippen molar-refractivity contribution in [3.05, 3.63) is 66.0 Å². The highest BCUT2D eigenvalue weighted by Crippen LogP contribution is 2.31. The fourth-order valence-corrected chi connectivity index (χ4v) is 3.49. The number of aromatic nitrogens is 4. The predicted molar refractivity (Wildman–Crippen MR) is 98.4 cm³/mol. The number of carbonyl (C=O) groups is 1. The standard InChI is InChI=1S/C19H20N6O/c1-14-12-15-6-2-4-8-17(15)24(14)11-10-20-19(26)16-7-3-5-9-18(16)25-13-21-22-23-25/h2-9,13-14H,10-12H2,1H3,(H,20,26). The Morgan fingerprint density at radius 3 is 2.73 bits per heavy atom. The van der Waals surface area contributed by atoms with Crippen molar-refractivity contribution in [2.24, 2.45) is 0 Å². The first-order valence-corrected chi connectivity index (χ1v) is 8.69. The van der Waals surface area contributed by atoms with Crippen molar-refractivity contribution in [1.82, 2.24) is 25.5 Å². The molecule has 0 saturated carbocycles. The molecule has 0 bridgehead atoms. The van der Waals surface area contributed by atoms with Gasteiger partial charge in [-0.2, -0.15) is 4.68 Å². The van der Waals surface area contributed by atoms with Gasteiger partial charge in [0, 0.05) is 24.8 Å². The lowest BCUT2D eigenvalue weighted by Gasteiger charge is -2.25. The summed E-state index contributed by atoms with van der Waals surface area (Å²) in [6.07, 6.45) is 2.53. The van der Waals surface area contributed by atoms with E-state index in [4.69, 9.17) is 0 Å². The number of rotatable bonds is 5. The number of fused-ring (bicyclic) bond motifs is 1. The van der Waals surface area contributed by atoms with Crippen molar-refractivity contribution in [3.63, 3.8) is 0 Å². The second-order valence-corrected chi connectivity index (χ2v) is 6.40. The molecule has 132 valence electrons. The van der Waals surface area contributed by atoms with Gasteiger partial charge in [-0.25, -0.2) is 0 Å². The molecule has 0 spiro atoms. The first-order chi connectivity index (χ1) is 12.7. The second kappa shape index (κ2) is 6.95. The predicted octanol–water partition coefficient (Wildman–Crippen LogP) is 1.84. The van der Waals surface area contributed by atoms with Gasteiger partial charge in [0.1, 0.15) is 6.33 Å². The second-order valence-electron chi connectivity index (χ2n) is 6.40. The Kier molecular flexibility index (Phi) is 4.35. The number of anilines is 1. The van der Waals surface area contributed by atoms with Crippen LogP contribution in [0, 0.1) is 0 Å². The zero-order valence-electron chi connectivity index (χ0n) is 14.5. The average Bonchev–Trinajstić information content (AvgIpc) is 3.30. The Labute approximate surface area is 151 Å². The van der Waals surface area contributed by atoms with E-state index in [2.05, 4.69) is 56.9 Å². The molecular weight excluding hydrogens is 328 g/mol. The third-order valence-corrected chi connectivity index (χ3v) is 4.73. The normalized spacial score (nSPS) is 15.7. The maximum atomic E-state index is 12.7. The minimum absolute atomic E-state index is 0.128. The van der Waals surface area contributed by atoms with Crippen LogP contribution in [0.15, 0.2) is 54.9 Å². The zero-order chi connectivity index (χ0) is 17.9. The number of carbonyl (C=O) groups excluding carboxylic acids is 1. The molecule has 26 heavy (non-hydrogen) atoms. The highest BCUT2D eigenvalue weighted by Gasteiger charge is 2.25. The Balaban J connectivity index is 1.43. The SMILES string of the molecule is CC1Cc2ccccc2N1CCNC(=O)c1ccccc1-n1cnnn1. The summed E-state index contributed by atoms with van der Waals surface area (Å²) in [7, 11) is 0. The van der Waals surface area contributed by atoms with E-state index in [0.717, 1.165) is 13.0 Å². The average molecular weight is 348 g/mol. The maximum Gasteiger partial charge on any atom is 0.253 e. The minimum atomic E-state index is -0.128. The molecule has 7 heteroatoms. The summed E-state index contributed by atoms with van der Waals surface area (Å²) < 4.78 is 1.49. The molecule has 0 radical (unpaired) electrons. The molecule has 1 atom stereocenters. The number of nitrogens with one attached hydrogen (secondary N) is 1. The largest absolute Gasteiger partial charge is 0.367 e. The van der Waals surface area contributed by atoms with Crippen LogP contribution in [0.2, 0.25) is 0 Å². The molecular formula is C19H20N6O. The van der Waals surface area contributed by atoms with Crippen LogP contribution >= 0.6 is 0 Å². The quantitative estimate of drug-likeness (QED) is 0.761. The van der Waals surface area contributed by atoms with E-state index < -0.39 is 0 Å². The third-order valence-electron chi connectivity index (χ3n) is 4.73. The summed E-state index contributed by atoms with van der Waals surface area (Å²) in [4.78, 5) is 15.0.